The number of hydrogen-bond donors (Lipinski definition) is 1. The second-order valence-corrected chi connectivity index (χ2v) is 5.73. The SMILES string of the molecule is Cn1cccc1C(=O)NC1CCN(c2ncccc2C#N)CC1. The van der Waals surface area contributed by atoms with Crippen molar-refractivity contribution >= 4 is 11.7 Å². The second-order valence-electron chi connectivity index (χ2n) is 5.73. The predicted molar refractivity (Wildman–Crippen MR) is 87.1 cm³/mol. The number of hydrogen-bond acceptors (Lipinski definition) is 4. The Morgan fingerprint density at radius 3 is 2.78 bits per heavy atom. The molecule has 1 aliphatic rings. The molecule has 0 spiro atoms. The average Bonchev–Trinajstić information content (AvgIpc) is 3.02. The van der Waals surface area contributed by atoms with E-state index in [1.807, 2.05) is 29.9 Å². The van der Waals surface area contributed by atoms with Crippen LogP contribution in [0.3, 0.4) is 0 Å². The zero-order valence-corrected chi connectivity index (χ0v) is 13.1. The molecule has 6 nitrogen and oxygen atoms in total. The largest absolute Gasteiger partial charge is 0.355 e. The van der Waals surface area contributed by atoms with Gasteiger partial charge in [-0.2, -0.15) is 5.26 Å². The molecule has 2 aromatic rings. The summed E-state index contributed by atoms with van der Waals surface area (Å²) >= 11 is 0. The lowest BCUT2D eigenvalue weighted by molar-refractivity contribution is 0.0923. The molecule has 0 atom stereocenters. The third-order valence-corrected chi connectivity index (χ3v) is 4.21. The predicted octanol–water partition coefficient (Wildman–Crippen LogP) is 1.69. The van der Waals surface area contributed by atoms with Crippen LogP contribution in [0.15, 0.2) is 36.7 Å². The Kier molecular flexibility index (Phi) is 4.29. The highest BCUT2D eigenvalue weighted by Gasteiger charge is 2.23. The van der Waals surface area contributed by atoms with Gasteiger partial charge in [-0.25, -0.2) is 4.98 Å². The molecular weight excluding hydrogens is 290 g/mol. The molecule has 23 heavy (non-hydrogen) atoms. The quantitative estimate of drug-likeness (QED) is 0.936. The van der Waals surface area contributed by atoms with Gasteiger partial charge in [-0.15, -0.1) is 0 Å². The molecule has 2 aromatic heterocycles. The van der Waals surface area contributed by atoms with Gasteiger partial charge in [0.2, 0.25) is 0 Å². The van der Waals surface area contributed by atoms with Crippen LogP contribution < -0.4 is 10.2 Å². The van der Waals surface area contributed by atoms with E-state index in [1.165, 1.54) is 0 Å². The molecule has 118 valence electrons. The lowest BCUT2D eigenvalue weighted by Crippen LogP contribution is -2.45. The number of amides is 1. The van der Waals surface area contributed by atoms with Gasteiger partial charge < -0.3 is 14.8 Å². The molecule has 0 aliphatic carbocycles. The highest BCUT2D eigenvalue weighted by atomic mass is 16.2. The van der Waals surface area contributed by atoms with Crippen LogP contribution in [-0.4, -0.2) is 34.6 Å². The standard InChI is InChI=1S/C17H19N5O/c1-21-9-3-5-15(21)17(23)20-14-6-10-22(11-7-14)16-13(12-18)4-2-8-19-16/h2-5,8-9,14H,6-7,10-11H2,1H3,(H,20,23). The Morgan fingerprint density at radius 1 is 1.35 bits per heavy atom. The summed E-state index contributed by atoms with van der Waals surface area (Å²) in [5, 5.41) is 12.3. The third kappa shape index (κ3) is 3.19. The molecule has 1 saturated heterocycles. The minimum atomic E-state index is -0.0356. The number of anilines is 1. The van der Waals surface area contributed by atoms with E-state index in [2.05, 4.69) is 21.3 Å². The Hall–Kier alpha value is -2.81. The first-order chi connectivity index (χ1) is 11.2. The van der Waals surface area contributed by atoms with Crippen LogP contribution in [0.2, 0.25) is 0 Å². The van der Waals surface area contributed by atoms with Gasteiger partial charge in [0.15, 0.2) is 0 Å². The molecule has 6 heteroatoms. The fourth-order valence-corrected chi connectivity index (χ4v) is 2.93. The Balaban J connectivity index is 1.60. The number of rotatable bonds is 3. The Morgan fingerprint density at radius 2 is 2.13 bits per heavy atom. The number of pyridine rings is 1. The minimum absolute atomic E-state index is 0.0356. The number of nitrogens with zero attached hydrogens (tertiary/aromatic N) is 4. The van der Waals surface area contributed by atoms with E-state index < -0.39 is 0 Å². The molecule has 0 saturated carbocycles. The summed E-state index contributed by atoms with van der Waals surface area (Å²) in [6, 6.07) is 9.58. The van der Waals surface area contributed by atoms with Gasteiger partial charge in [-0.1, -0.05) is 0 Å². The van der Waals surface area contributed by atoms with Crippen molar-refractivity contribution < 1.29 is 4.79 Å². The number of nitrogens with one attached hydrogen (secondary N) is 1. The molecule has 0 unspecified atom stereocenters. The van der Waals surface area contributed by atoms with E-state index in [-0.39, 0.29) is 11.9 Å². The summed E-state index contributed by atoms with van der Waals surface area (Å²) < 4.78 is 1.82. The van der Waals surface area contributed by atoms with Crippen molar-refractivity contribution in [3.8, 4) is 6.07 Å². The summed E-state index contributed by atoms with van der Waals surface area (Å²) in [5.41, 5.74) is 1.27. The highest BCUT2D eigenvalue weighted by molar-refractivity contribution is 5.92. The van der Waals surface area contributed by atoms with E-state index in [0.717, 1.165) is 31.7 Å². The molecule has 1 fully saturated rings. The molecule has 1 amide bonds. The molecule has 1 aliphatic heterocycles. The first kappa shape index (κ1) is 15.1. The third-order valence-electron chi connectivity index (χ3n) is 4.21. The van der Waals surface area contributed by atoms with Gasteiger partial charge in [0, 0.05) is 38.6 Å². The molecular formula is C17H19N5O. The number of carbonyl (C=O) groups excluding carboxylic acids is 1. The van der Waals surface area contributed by atoms with Crippen LogP contribution in [0, 0.1) is 11.3 Å². The topological polar surface area (TPSA) is 74.0 Å². The second kappa shape index (κ2) is 6.53. The van der Waals surface area contributed by atoms with E-state index in [1.54, 1.807) is 18.3 Å². The van der Waals surface area contributed by atoms with E-state index in [9.17, 15) is 10.1 Å². The Bertz CT molecular complexity index is 737. The van der Waals surface area contributed by atoms with Gasteiger partial charge in [0.25, 0.3) is 5.91 Å². The van der Waals surface area contributed by atoms with Crippen LogP contribution in [0.4, 0.5) is 5.82 Å². The van der Waals surface area contributed by atoms with E-state index >= 15 is 0 Å². The fourth-order valence-electron chi connectivity index (χ4n) is 2.93. The molecule has 3 rings (SSSR count). The van der Waals surface area contributed by atoms with Gasteiger partial charge in [0.1, 0.15) is 17.6 Å². The number of aromatic nitrogens is 2. The highest BCUT2D eigenvalue weighted by Crippen LogP contribution is 2.21. The number of nitriles is 1. The fraction of sp³-hybridized carbons (Fsp3) is 0.353. The molecule has 0 radical (unpaired) electrons. The minimum Gasteiger partial charge on any atom is -0.355 e. The van der Waals surface area contributed by atoms with Crippen LogP contribution in [0.1, 0.15) is 28.9 Å². The maximum absolute atomic E-state index is 12.2. The normalized spacial score (nSPS) is 15.2. The van der Waals surface area contributed by atoms with Crippen LogP contribution >= 0.6 is 0 Å². The first-order valence-corrected chi connectivity index (χ1v) is 7.71. The van der Waals surface area contributed by atoms with Crippen LogP contribution in [-0.2, 0) is 7.05 Å². The Labute approximate surface area is 135 Å². The van der Waals surface area contributed by atoms with Crippen LogP contribution in [0.5, 0.6) is 0 Å². The zero-order chi connectivity index (χ0) is 16.2. The van der Waals surface area contributed by atoms with Crippen molar-refractivity contribution in [3.05, 3.63) is 47.9 Å². The summed E-state index contributed by atoms with van der Waals surface area (Å²) in [7, 11) is 1.86. The molecule has 3 heterocycles. The van der Waals surface area contributed by atoms with Gasteiger partial charge >= 0.3 is 0 Å². The van der Waals surface area contributed by atoms with Crippen molar-refractivity contribution in [2.45, 2.75) is 18.9 Å². The number of piperidine rings is 1. The maximum Gasteiger partial charge on any atom is 0.268 e. The smallest absolute Gasteiger partial charge is 0.268 e. The monoisotopic (exact) mass is 309 g/mol. The maximum atomic E-state index is 12.2. The number of aryl methyl sites for hydroxylation is 1. The van der Waals surface area contributed by atoms with E-state index in [4.69, 9.17) is 0 Å². The van der Waals surface area contributed by atoms with Crippen molar-refractivity contribution in [2.75, 3.05) is 18.0 Å². The average molecular weight is 309 g/mol. The first-order valence-electron chi connectivity index (χ1n) is 7.71. The van der Waals surface area contributed by atoms with Crippen molar-refractivity contribution in [1.82, 2.24) is 14.9 Å². The summed E-state index contributed by atoms with van der Waals surface area (Å²) in [4.78, 5) is 18.7. The molecule has 0 bridgehead atoms. The van der Waals surface area contributed by atoms with Crippen molar-refractivity contribution in [2.24, 2.45) is 7.05 Å². The van der Waals surface area contributed by atoms with Crippen LogP contribution in [0.25, 0.3) is 0 Å². The van der Waals surface area contributed by atoms with Crippen molar-refractivity contribution in [3.63, 3.8) is 0 Å². The van der Waals surface area contributed by atoms with Crippen molar-refractivity contribution in [1.29, 1.82) is 5.26 Å². The van der Waals surface area contributed by atoms with Gasteiger partial charge in [-0.3, -0.25) is 4.79 Å². The summed E-state index contributed by atoms with van der Waals surface area (Å²) in [5.74, 6) is 0.703. The molecule has 1 N–H and O–H groups in total. The molecule has 0 aromatic carbocycles. The zero-order valence-electron chi connectivity index (χ0n) is 13.1. The number of carbonyl (C=O) groups is 1. The van der Waals surface area contributed by atoms with E-state index in [0.29, 0.717) is 11.3 Å². The van der Waals surface area contributed by atoms with Gasteiger partial charge in [-0.05, 0) is 37.1 Å². The van der Waals surface area contributed by atoms with Gasteiger partial charge in [0.05, 0.1) is 5.56 Å². The lowest BCUT2D eigenvalue weighted by Gasteiger charge is -2.33. The summed E-state index contributed by atoms with van der Waals surface area (Å²) in [6.45, 7) is 1.56. The lowest BCUT2D eigenvalue weighted by atomic mass is 10.0. The summed E-state index contributed by atoms with van der Waals surface area (Å²) in [6.07, 6.45) is 5.26.